The largest absolute Gasteiger partial charge is 0.394 e. The summed E-state index contributed by atoms with van der Waals surface area (Å²) in [7, 11) is 0. The summed E-state index contributed by atoms with van der Waals surface area (Å²) in [4.78, 5) is 0. The Morgan fingerprint density at radius 1 is 1.04 bits per heavy atom. The van der Waals surface area contributed by atoms with E-state index in [1.54, 1.807) is 0 Å². The Labute approximate surface area is 145 Å². The van der Waals surface area contributed by atoms with Gasteiger partial charge in [0.25, 0.3) is 0 Å². The van der Waals surface area contributed by atoms with E-state index in [0.29, 0.717) is 0 Å². The Bertz CT molecular complexity index is 419. The Kier molecular flexibility index (Phi) is 7.13. The molecule has 0 bridgehead atoms. The molecule has 2 aliphatic heterocycles. The highest BCUT2D eigenvalue weighted by Gasteiger charge is 2.52. The molecule has 0 spiro atoms. The van der Waals surface area contributed by atoms with E-state index in [9.17, 15) is 30.6 Å². The zero-order chi connectivity index (χ0) is 18.8. The molecule has 2 aliphatic rings. The third kappa shape index (κ3) is 4.66. The number of rotatable bonds is 7. The van der Waals surface area contributed by atoms with E-state index in [4.69, 9.17) is 18.9 Å². The summed E-state index contributed by atoms with van der Waals surface area (Å²) in [6.45, 7) is 2.48. The van der Waals surface area contributed by atoms with Gasteiger partial charge >= 0.3 is 0 Å². The monoisotopic (exact) mass is 368 g/mol. The minimum Gasteiger partial charge on any atom is -0.394 e. The molecule has 2 saturated heterocycles. The van der Waals surface area contributed by atoms with E-state index in [0.717, 1.165) is 0 Å². The Morgan fingerprint density at radius 2 is 1.72 bits per heavy atom. The zero-order valence-electron chi connectivity index (χ0n) is 14.3. The summed E-state index contributed by atoms with van der Waals surface area (Å²) in [6, 6.07) is 0. The molecule has 6 N–H and O–H groups in total. The normalized spacial score (nSPS) is 45.2. The minimum atomic E-state index is -1.67. The maximum atomic E-state index is 10.1. The van der Waals surface area contributed by atoms with Gasteiger partial charge in [-0.15, -0.1) is 0 Å². The van der Waals surface area contributed by atoms with Crippen molar-refractivity contribution >= 4 is 0 Å². The fraction of sp³-hybridized carbons (Fsp3) is 1.00. The van der Waals surface area contributed by atoms with Crippen LogP contribution >= 0.6 is 0 Å². The molecule has 2 heterocycles. The fourth-order valence-electron chi connectivity index (χ4n) is 2.88. The molecule has 10 nitrogen and oxygen atoms in total. The smallest absolute Gasteiger partial charge is 0.197 e. The van der Waals surface area contributed by atoms with Crippen molar-refractivity contribution in [2.45, 2.75) is 75.1 Å². The van der Waals surface area contributed by atoms with Gasteiger partial charge in [-0.2, -0.15) is 0 Å². The second-order valence-electron chi connectivity index (χ2n) is 6.69. The fourth-order valence-corrected chi connectivity index (χ4v) is 2.88. The van der Waals surface area contributed by atoms with Crippen LogP contribution in [0.4, 0.5) is 0 Å². The van der Waals surface area contributed by atoms with Crippen LogP contribution in [-0.2, 0) is 18.9 Å². The summed E-state index contributed by atoms with van der Waals surface area (Å²) in [5.74, 6) is -1.67. The Hall–Kier alpha value is -0.400. The lowest BCUT2D eigenvalue weighted by Gasteiger charge is -2.42. The number of ether oxygens (including phenoxy) is 4. The second kappa shape index (κ2) is 8.53. The Morgan fingerprint density at radius 3 is 2.28 bits per heavy atom. The highest BCUT2D eigenvalue weighted by molar-refractivity contribution is 4.93. The number of aliphatic hydroxyl groups is 6. The van der Waals surface area contributed by atoms with Crippen LogP contribution < -0.4 is 0 Å². The SMILES string of the molecule is CC(C)OC[C@H]1O[C@@](CO)(O[C@H]2OC(CO)[C@@H](O)C(O)C2O)CC1O. The molecule has 0 aromatic carbocycles. The van der Waals surface area contributed by atoms with Crippen molar-refractivity contribution in [3.63, 3.8) is 0 Å². The molecule has 2 fully saturated rings. The lowest BCUT2D eigenvalue weighted by Crippen LogP contribution is -2.61. The molecule has 0 amide bonds. The summed E-state index contributed by atoms with van der Waals surface area (Å²) in [5, 5.41) is 58.6. The van der Waals surface area contributed by atoms with Gasteiger partial charge in [-0.05, 0) is 13.8 Å². The van der Waals surface area contributed by atoms with E-state index in [1.807, 2.05) is 13.8 Å². The van der Waals surface area contributed by atoms with Gasteiger partial charge in [-0.1, -0.05) is 0 Å². The van der Waals surface area contributed by atoms with Crippen LogP contribution in [0.1, 0.15) is 20.3 Å². The molecule has 4 unspecified atom stereocenters. The van der Waals surface area contributed by atoms with Gasteiger partial charge in [0.05, 0.1) is 32.0 Å². The molecule has 0 aliphatic carbocycles. The van der Waals surface area contributed by atoms with Crippen molar-refractivity contribution in [3.05, 3.63) is 0 Å². The maximum Gasteiger partial charge on any atom is 0.197 e. The van der Waals surface area contributed by atoms with Gasteiger partial charge in [0.1, 0.15) is 30.5 Å². The van der Waals surface area contributed by atoms with Crippen LogP contribution in [-0.4, -0.2) is 105 Å². The van der Waals surface area contributed by atoms with Crippen LogP contribution in [0.25, 0.3) is 0 Å². The first-order valence-corrected chi connectivity index (χ1v) is 8.29. The van der Waals surface area contributed by atoms with Gasteiger partial charge in [0.2, 0.25) is 0 Å². The molecular weight excluding hydrogens is 340 g/mol. The summed E-state index contributed by atoms with van der Waals surface area (Å²) < 4.78 is 21.8. The molecule has 148 valence electrons. The van der Waals surface area contributed by atoms with Crippen molar-refractivity contribution in [1.82, 2.24) is 0 Å². The van der Waals surface area contributed by atoms with E-state index >= 15 is 0 Å². The lowest BCUT2D eigenvalue weighted by atomic mass is 9.99. The van der Waals surface area contributed by atoms with E-state index < -0.39 is 61.9 Å². The number of hydrogen-bond acceptors (Lipinski definition) is 10. The minimum absolute atomic E-state index is 0.0775. The topological polar surface area (TPSA) is 158 Å². The summed E-state index contributed by atoms with van der Waals surface area (Å²) in [6.07, 6.45) is -9.30. The molecule has 0 radical (unpaired) electrons. The first-order chi connectivity index (χ1) is 11.7. The highest BCUT2D eigenvalue weighted by Crippen LogP contribution is 2.35. The van der Waals surface area contributed by atoms with Crippen LogP contribution in [0.3, 0.4) is 0 Å². The van der Waals surface area contributed by atoms with Gasteiger partial charge in [0, 0.05) is 6.42 Å². The van der Waals surface area contributed by atoms with Gasteiger partial charge < -0.3 is 49.6 Å². The van der Waals surface area contributed by atoms with Crippen LogP contribution in [0.15, 0.2) is 0 Å². The first-order valence-electron chi connectivity index (χ1n) is 8.29. The molecule has 2 rings (SSSR count). The zero-order valence-corrected chi connectivity index (χ0v) is 14.3. The molecule has 8 atom stereocenters. The van der Waals surface area contributed by atoms with Crippen molar-refractivity contribution in [3.8, 4) is 0 Å². The average Bonchev–Trinajstić information content (AvgIpc) is 2.89. The van der Waals surface area contributed by atoms with E-state index in [-0.39, 0.29) is 19.1 Å². The predicted octanol–water partition coefficient (Wildman–Crippen LogP) is -2.93. The van der Waals surface area contributed by atoms with Crippen LogP contribution in [0.2, 0.25) is 0 Å². The van der Waals surface area contributed by atoms with Gasteiger partial charge in [-0.3, -0.25) is 0 Å². The summed E-state index contributed by atoms with van der Waals surface area (Å²) in [5.41, 5.74) is 0. The molecule has 0 aromatic rings. The molecule has 25 heavy (non-hydrogen) atoms. The van der Waals surface area contributed by atoms with E-state index in [2.05, 4.69) is 0 Å². The maximum absolute atomic E-state index is 10.1. The van der Waals surface area contributed by atoms with E-state index in [1.165, 1.54) is 0 Å². The van der Waals surface area contributed by atoms with Gasteiger partial charge in [-0.25, -0.2) is 0 Å². The molecule has 0 saturated carbocycles. The third-order valence-electron chi connectivity index (χ3n) is 4.33. The Balaban J connectivity index is 2.05. The lowest BCUT2D eigenvalue weighted by molar-refractivity contribution is -0.372. The average molecular weight is 368 g/mol. The second-order valence-corrected chi connectivity index (χ2v) is 6.69. The molecule has 0 aromatic heterocycles. The molecular formula is C15H28O10. The summed E-state index contributed by atoms with van der Waals surface area (Å²) >= 11 is 0. The van der Waals surface area contributed by atoms with Crippen molar-refractivity contribution in [1.29, 1.82) is 0 Å². The van der Waals surface area contributed by atoms with Crippen molar-refractivity contribution in [2.75, 3.05) is 19.8 Å². The van der Waals surface area contributed by atoms with Gasteiger partial charge in [0.15, 0.2) is 12.1 Å². The highest BCUT2D eigenvalue weighted by atomic mass is 16.8. The van der Waals surface area contributed by atoms with Crippen LogP contribution in [0, 0.1) is 0 Å². The number of aliphatic hydroxyl groups excluding tert-OH is 6. The standard InChI is InChI=1S/C15H28O10/c1-7(2)22-5-10-8(18)3-15(6-17,24-10)25-14-13(21)12(20)11(19)9(4-16)23-14/h7-14,16-21H,3-6H2,1-2H3/t8?,9?,10-,11-,12?,13?,14-,15-/m1/s1. The molecule has 10 heteroatoms. The van der Waals surface area contributed by atoms with Crippen LogP contribution in [0.5, 0.6) is 0 Å². The quantitative estimate of drug-likeness (QED) is 0.275. The van der Waals surface area contributed by atoms with Crippen molar-refractivity contribution in [2.24, 2.45) is 0 Å². The third-order valence-corrected chi connectivity index (χ3v) is 4.33. The number of hydrogen-bond donors (Lipinski definition) is 6. The first kappa shape index (κ1) is 20.9. The predicted molar refractivity (Wildman–Crippen MR) is 81.3 cm³/mol. The van der Waals surface area contributed by atoms with Crippen molar-refractivity contribution < 1.29 is 49.6 Å².